The summed E-state index contributed by atoms with van der Waals surface area (Å²) in [6.45, 7) is 2.63. The van der Waals surface area contributed by atoms with Gasteiger partial charge in [0.05, 0.1) is 19.8 Å². The topological polar surface area (TPSA) is 111 Å². The summed E-state index contributed by atoms with van der Waals surface area (Å²) in [6, 6.07) is 0. The predicted molar refractivity (Wildman–Crippen MR) is 127 cm³/mol. The van der Waals surface area contributed by atoms with Crippen LogP contribution in [0, 0.1) is 0 Å². The van der Waals surface area contributed by atoms with Crippen molar-refractivity contribution in [1.82, 2.24) is 0 Å². The maximum Gasteiger partial charge on any atom is 0.472 e. The van der Waals surface area contributed by atoms with Gasteiger partial charge in [-0.2, -0.15) is 0 Å². The summed E-state index contributed by atoms with van der Waals surface area (Å²) in [5, 5.41) is 9.70. The minimum Gasteiger partial charge on any atom is -0.388 e. The standard InChI is InChI=1S/C23H48NO6P/c1-2-3-4-5-6-7-8-9-10-11-12-13-14-15-16-17-19-28-21-23(25)22-30-31(26,27)29-20-18-24/h9-10,23,25H,2-8,11-22,24H2,1H3,(H,26,27)/b10-9-. The second-order valence-corrected chi connectivity index (χ2v) is 9.51. The lowest BCUT2D eigenvalue weighted by Crippen LogP contribution is -2.22. The molecule has 2 atom stereocenters. The van der Waals surface area contributed by atoms with Crippen molar-refractivity contribution in [2.24, 2.45) is 5.73 Å². The molecule has 7 nitrogen and oxygen atoms in total. The summed E-state index contributed by atoms with van der Waals surface area (Å²) >= 11 is 0. The van der Waals surface area contributed by atoms with Crippen molar-refractivity contribution in [2.75, 3.05) is 33.0 Å². The van der Waals surface area contributed by atoms with Crippen molar-refractivity contribution < 1.29 is 28.3 Å². The number of aliphatic hydroxyl groups excluding tert-OH is 1. The average molecular weight is 466 g/mol. The first-order valence-corrected chi connectivity index (χ1v) is 13.7. The Morgan fingerprint density at radius 1 is 0.806 bits per heavy atom. The highest BCUT2D eigenvalue weighted by Crippen LogP contribution is 2.42. The van der Waals surface area contributed by atoms with Crippen LogP contribution in [0.3, 0.4) is 0 Å². The largest absolute Gasteiger partial charge is 0.472 e. The summed E-state index contributed by atoms with van der Waals surface area (Å²) in [6.07, 6.45) is 21.4. The van der Waals surface area contributed by atoms with E-state index in [-0.39, 0.29) is 26.4 Å². The van der Waals surface area contributed by atoms with E-state index in [0.717, 1.165) is 12.8 Å². The SMILES string of the molecule is CCCCCCCC/C=C\CCCCCCCCOCC(O)COP(=O)(O)OCCN. The molecule has 8 heteroatoms. The number of hydrogen-bond donors (Lipinski definition) is 3. The van der Waals surface area contributed by atoms with Crippen molar-refractivity contribution in [3.63, 3.8) is 0 Å². The molecule has 2 unspecified atom stereocenters. The first-order valence-electron chi connectivity index (χ1n) is 12.2. The van der Waals surface area contributed by atoms with Gasteiger partial charge in [-0.3, -0.25) is 9.05 Å². The van der Waals surface area contributed by atoms with Crippen molar-refractivity contribution in [2.45, 2.75) is 103 Å². The van der Waals surface area contributed by atoms with Gasteiger partial charge < -0.3 is 20.5 Å². The van der Waals surface area contributed by atoms with Crippen molar-refractivity contribution in [3.8, 4) is 0 Å². The number of ether oxygens (including phenoxy) is 1. The Balaban J connectivity index is 3.32. The van der Waals surface area contributed by atoms with Crippen LogP contribution in [0.4, 0.5) is 0 Å². The monoisotopic (exact) mass is 465 g/mol. The summed E-state index contributed by atoms with van der Waals surface area (Å²) in [7, 11) is -4.14. The molecule has 0 heterocycles. The Kier molecular flexibility index (Phi) is 22.7. The van der Waals surface area contributed by atoms with Gasteiger partial charge in [-0.1, -0.05) is 76.9 Å². The molecule has 0 aromatic heterocycles. The molecule has 0 aliphatic carbocycles. The van der Waals surface area contributed by atoms with Crippen LogP contribution in [-0.2, 0) is 18.3 Å². The van der Waals surface area contributed by atoms with Crippen LogP contribution in [0.1, 0.15) is 96.8 Å². The molecule has 4 N–H and O–H groups in total. The Bertz CT molecular complexity index is 450. The predicted octanol–water partition coefficient (Wildman–Crippen LogP) is 5.49. The van der Waals surface area contributed by atoms with E-state index in [0.29, 0.717) is 6.61 Å². The van der Waals surface area contributed by atoms with Crippen molar-refractivity contribution >= 4 is 7.82 Å². The number of nitrogens with two attached hydrogens (primary N) is 1. The van der Waals surface area contributed by atoms with Crippen molar-refractivity contribution in [3.05, 3.63) is 12.2 Å². The fourth-order valence-corrected chi connectivity index (χ4v) is 3.88. The Morgan fingerprint density at radius 3 is 1.94 bits per heavy atom. The number of rotatable bonds is 24. The third kappa shape index (κ3) is 24.2. The van der Waals surface area contributed by atoms with E-state index in [9.17, 15) is 14.6 Å². The van der Waals surface area contributed by atoms with E-state index < -0.39 is 13.9 Å². The third-order valence-corrected chi connectivity index (χ3v) is 5.90. The number of allylic oxidation sites excluding steroid dienone is 2. The zero-order valence-electron chi connectivity index (χ0n) is 19.7. The quantitative estimate of drug-likeness (QED) is 0.0981. The second-order valence-electron chi connectivity index (χ2n) is 8.05. The van der Waals surface area contributed by atoms with E-state index in [2.05, 4.69) is 28.1 Å². The number of aliphatic hydroxyl groups is 1. The van der Waals surface area contributed by atoms with Gasteiger partial charge in [0.15, 0.2) is 0 Å². The van der Waals surface area contributed by atoms with Crippen LogP contribution in [0.25, 0.3) is 0 Å². The van der Waals surface area contributed by atoms with Crippen LogP contribution < -0.4 is 5.73 Å². The summed E-state index contributed by atoms with van der Waals surface area (Å²) < 4.78 is 26.1. The lowest BCUT2D eigenvalue weighted by atomic mass is 10.1. The van der Waals surface area contributed by atoms with Crippen LogP contribution in [-0.4, -0.2) is 49.1 Å². The van der Waals surface area contributed by atoms with Crippen LogP contribution in [0.2, 0.25) is 0 Å². The van der Waals surface area contributed by atoms with Crippen LogP contribution in [0.15, 0.2) is 12.2 Å². The number of phosphoric ester groups is 1. The lowest BCUT2D eigenvalue weighted by Gasteiger charge is -2.15. The second kappa shape index (κ2) is 22.9. The van der Waals surface area contributed by atoms with E-state index in [4.69, 9.17) is 10.5 Å². The van der Waals surface area contributed by atoms with E-state index in [1.807, 2.05) is 0 Å². The fourth-order valence-electron chi connectivity index (χ4n) is 3.10. The molecule has 0 aromatic rings. The molecular weight excluding hydrogens is 417 g/mol. The maximum atomic E-state index is 11.4. The smallest absolute Gasteiger partial charge is 0.388 e. The summed E-state index contributed by atoms with van der Waals surface area (Å²) in [4.78, 5) is 9.32. The van der Waals surface area contributed by atoms with E-state index in [1.54, 1.807) is 0 Å². The Labute approximate surface area is 190 Å². The number of hydrogen-bond acceptors (Lipinski definition) is 6. The molecule has 0 fully saturated rings. The highest BCUT2D eigenvalue weighted by Gasteiger charge is 2.22. The fraction of sp³-hybridized carbons (Fsp3) is 0.913. The van der Waals surface area contributed by atoms with Gasteiger partial charge in [0.25, 0.3) is 0 Å². The average Bonchev–Trinajstić information content (AvgIpc) is 2.75. The molecule has 0 spiro atoms. The first-order chi connectivity index (χ1) is 15.0. The highest BCUT2D eigenvalue weighted by atomic mass is 31.2. The molecule has 0 aliphatic rings. The van der Waals surface area contributed by atoms with Gasteiger partial charge in [-0.15, -0.1) is 0 Å². The third-order valence-electron chi connectivity index (χ3n) is 4.91. The molecule has 0 aliphatic heterocycles. The Hall–Kier alpha value is -0.270. The Morgan fingerprint density at radius 2 is 1.35 bits per heavy atom. The minimum atomic E-state index is -4.14. The lowest BCUT2D eigenvalue weighted by molar-refractivity contribution is 0.00230. The first kappa shape index (κ1) is 30.7. The molecule has 186 valence electrons. The number of unbranched alkanes of at least 4 members (excludes halogenated alkanes) is 12. The van der Waals surface area contributed by atoms with Crippen molar-refractivity contribution in [1.29, 1.82) is 0 Å². The van der Waals surface area contributed by atoms with Gasteiger partial charge in [0.2, 0.25) is 0 Å². The zero-order valence-corrected chi connectivity index (χ0v) is 20.6. The molecule has 0 bridgehead atoms. The summed E-state index contributed by atoms with van der Waals surface area (Å²) in [5.74, 6) is 0. The van der Waals surface area contributed by atoms with Gasteiger partial charge >= 0.3 is 7.82 Å². The van der Waals surface area contributed by atoms with Crippen LogP contribution in [0.5, 0.6) is 0 Å². The zero-order chi connectivity index (χ0) is 23.0. The molecular formula is C23H48NO6P. The molecule has 0 saturated carbocycles. The molecule has 0 saturated heterocycles. The molecule has 0 aromatic carbocycles. The number of phosphoric acid groups is 1. The van der Waals surface area contributed by atoms with Crippen LogP contribution >= 0.6 is 7.82 Å². The van der Waals surface area contributed by atoms with Gasteiger partial charge in [0, 0.05) is 13.2 Å². The molecule has 0 amide bonds. The maximum absolute atomic E-state index is 11.4. The van der Waals surface area contributed by atoms with Gasteiger partial charge in [-0.05, 0) is 32.1 Å². The van der Waals surface area contributed by atoms with Gasteiger partial charge in [0.1, 0.15) is 6.10 Å². The highest BCUT2D eigenvalue weighted by molar-refractivity contribution is 7.47. The molecule has 0 rings (SSSR count). The normalized spacial score (nSPS) is 14.8. The molecule has 31 heavy (non-hydrogen) atoms. The molecule has 0 radical (unpaired) electrons. The van der Waals surface area contributed by atoms with Gasteiger partial charge in [-0.25, -0.2) is 4.57 Å². The van der Waals surface area contributed by atoms with E-state index >= 15 is 0 Å². The van der Waals surface area contributed by atoms with E-state index in [1.165, 1.54) is 77.0 Å². The minimum absolute atomic E-state index is 0.0714. The summed E-state index contributed by atoms with van der Waals surface area (Å²) in [5.41, 5.74) is 5.19.